The Bertz CT molecular complexity index is 532. The zero-order valence-electron chi connectivity index (χ0n) is 9.50. The second kappa shape index (κ2) is 4.80. The standard InChI is InChI=1S/C12H13BrN2S2/c1-14-8-3-2-4-9-11(8)15-12(17-9)10-5-7(13)6-16-10/h5-6,8,14H,2-4H2,1H3. The van der Waals surface area contributed by atoms with E-state index >= 15 is 0 Å². The Hall–Kier alpha value is -0.230. The molecule has 0 spiro atoms. The van der Waals surface area contributed by atoms with Crippen LogP contribution in [0, 0.1) is 0 Å². The predicted octanol–water partition coefficient (Wildman–Crippen LogP) is 4.23. The van der Waals surface area contributed by atoms with Gasteiger partial charge < -0.3 is 5.32 Å². The van der Waals surface area contributed by atoms with Gasteiger partial charge in [0.15, 0.2) is 0 Å². The van der Waals surface area contributed by atoms with Gasteiger partial charge in [-0.2, -0.15) is 0 Å². The first-order valence-electron chi connectivity index (χ1n) is 5.69. The summed E-state index contributed by atoms with van der Waals surface area (Å²) >= 11 is 7.12. The van der Waals surface area contributed by atoms with Crippen LogP contribution >= 0.6 is 38.6 Å². The van der Waals surface area contributed by atoms with Crippen LogP contribution in [0.15, 0.2) is 15.9 Å². The molecule has 2 nitrogen and oxygen atoms in total. The van der Waals surface area contributed by atoms with E-state index in [-0.39, 0.29) is 0 Å². The summed E-state index contributed by atoms with van der Waals surface area (Å²) in [7, 11) is 2.03. The molecule has 0 bridgehead atoms. The van der Waals surface area contributed by atoms with Gasteiger partial charge in [0.05, 0.1) is 16.6 Å². The molecule has 1 aliphatic carbocycles. The van der Waals surface area contributed by atoms with Gasteiger partial charge >= 0.3 is 0 Å². The fourth-order valence-electron chi connectivity index (χ4n) is 2.23. The van der Waals surface area contributed by atoms with Crippen LogP contribution in [0.5, 0.6) is 0 Å². The van der Waals surface area contributed by atoms with E-state index in [0.29, 0.717) is 6.04 Å². The summed E-state index contributed by atoms with van der Waals surface area (Å²) in [6.07, 6.45) is 3.67. The van der Waals surface area contributed by atoms with Crippen molar-refractivity contribution in [2.75, 3.05) is 7.05 Å². The third-order valence-electron chi connectivity index (χ3n) is 3.08. The maximum Gasteiger partial charge on any atom is 0.134 e. The number of aryl methyl sites for hydroxylation is 1. The quantitative estimate of drug-likeness (QED) is 0.892. The van der Waals surface area contributed by atoms with E-state index in [1.54, 1.807) is 11.3 Å². The largest absolute Gasteiger partial charge is 0.312 e. The molecule has 17 heavy (non-hydrogen) atoms. The molecular weight excluding hydrogens is 316 g/mol. The summed E-state index contributed by atoms with van der Waals surface area (Å²) in [5, 5.41) is 6.66. The van der Waals surface area contributed by atoms with Crippen LogP contribution in [0.3, 0.4) is 0 Å². The van der Waals surface area contributed by atoms with Crippen LogP contribution in [-0.2, 0) is 6.42 Å². The van der Waals surface area contributed by atoms with Gasteiger partial charge in [0, 0.05) is 14.7 Å². The van der Waals surface area contributed by atoms with E-state index < -0.39 is 0 Å². The van der Waals surface area contributed by atoms with Gasteiger partial charge in [-0.15, -0.1) is 22.7 Å². The van der Waals surface area contributed by atoms with Crippen LogP contribution in [0.4, 0.5) is 0 Å². The molecule has 1 unspecified atom stereocenters. The van der Waals surface area contributed by atoms with E-state index in [4.69, 9.17) is 4.98 Å². The van der Waals surface area contributed by atoms with E-state index in [9.17, 15) is 0 Å². The van der Waals surface area contributed by atoms with Gasteiger partial charge in [0.1, 0.15) is 5.01 Å². The second-order valence-corrected chi connectivity index (χ2v) is 7.10. The zero-order valence-corrected chi connectivity index (χ0v) is 12.7. The number of halogens is 1. The van der Waals surface area contributed by atoms with Crippen LogP contribution < -0.4 is 5.32 Å². The molecule has 1 N–H and O–H groups in total. The Morgan fingerprint density at radius 1 is 1.53 bits per heavy atom. The van der Waals surface area contributed by atoms with Gasteiger partial charge in [0.2, 0.25) is 0 Å². The minimum Gasteiger partial charge on any atom is -0.312 e. The third kappa shape index (κ3) is 2.21. The van der Waals surface area contributed by atoms with Crippen molar-refractivity contribution in [2.45, 2.75) is 25.3 Å². The highest BCUT2D eigenvalue weighted by atomic mass is 79.9. The molecule has 0 radical (unpaired) electrons. The molecule has 90 valence electrons. The molecule has 0 saturated carbocycles. The van der Waals surface area contributed by atoms with Crippen molar-refractivity contribution in [3.05, 3.63) is 26.5 Å². The Balaban J connectivity index is 2.01. The Labute approximate surface area is 117 Å². The highest BCUT2D eigenvalue weighted by Crippen LogP contribution is 2.39. The summed E-state index contributed by atoms with van der Waals surface area (Å²) in [5.74, 6) is 0. The number of aromatic nitrogens is 1. The molecule has 2 heterocycles. The average molecular weight is 329 g/mol. The molecule has 0 aromatic carbocycles. The predicted molar refractivity (Wildman–Crippen MR) is 77.9 cm³/mol. The lowest BCUT2D eigenvalue weighted by atomic mass is 9.98. The van der Waals surface area contributed by atoms with Crippen molar-refractivity contribution in [3.8, 4) is 9.88 Å². The summed E-state index contributed by atoms with van der Waals surface area (Å²) in [4.78, 5) is 7.57. The fourth-order valence-corrected chi connectivity index (χ4v) is 4.88. The molecular formula is C12H13BrN2S2. The number of hydrogen-bond donors (Lipinski definition) is 1. The van der Waals surface area contributed by atoms with Crippen LogP contribution in [-0.4, -0.2) is 12.0 Å². The number of fused-ring (bicyclic) bond motifs is 1. The minimum absolute atomic E-state index is 0.451. The minimum atomic E-state index is 0.451. The first-order valence-corrected chi connectivity index (χ1v) is 8.18. The smallest absolute Gasteiger partial charge is 0.134 e. The van der Waals surface area contributed by atoms with Gasteiger partial charge in [0.25, 0.3) is 0 Å². The van der Waals surface area contributed by atoms with E-state index in [1.165, 1.54) is 39.7 Å². The average Bonchev–Trinajstić information content (AvgIpc) is 2.93. The maximum atomic E-state index is 4.83. The summed E-state index contributed by atoms with van der Waals surface area (Å²) in [6.45, 7) is 0. The summed E-state index contributed by atoms with van der Waals surface area (Å²) in [6, 6.07) is 2.61. The van der Waals surface area contributed by atoms with E-state index in [2.05, 4.69) is 32.7 Å². The van der Waals surface area contributed by atoms with Crippen LogP contribution in [0.1, 0.15) is 29.5 Å². The molecule has 2 aromatic heterocycles. The Morgan fingerprint density at radius 3 is 3.12 bits per heavy atom. The fraction of sp³-hybridized carbons (Fsp3) is 0.417. The molecule has 1 aliphatic rings. The molecule has 5 heteroatoms. The summed E-state index contributed by atoms with van der Waals surface area (Å²) < 4.78 is 1.15. The van der Waals surface area contributed by atoms with Gasteiger partial charge in [-0.25, -0.2) is 4.98 Å². The number of thiophene rings is 1. The van der Waals surface area contributed by atoms with Crippen molar-refractivity contribution in [1.29, 1.82) is 0 Å². The normalized spacial score (nSPS) is 19.3. The maximum absolute atomic E-state index is 4.83. The number of nitrogens with one attached hydrogen (secondary N) is 1. The lowest BCUT2D eigenvalue weighted by Crippen LogP contribution is -2.21. The number of rotatable bonds is 2. The number of nitrogens with zero attached hydrogens (tertiary/aromatic N) is 1. The third-order valence-corrected chi connectivity index (χ3v) is 6.07. The number of thiazole rings is 1. The first kappa shape index (κ1) is 11.8. The second-order valence-electron chi connectivity index (χ2n) is 4.19. The first-order chi connectivity index (χ1) is 8.28. The molecule has 0 amide bonds. The molecule has 2 aromatic rings. The van der Waals surface area contributed by atoms with Crippen LogP contribution in [0.25, 0.3) is 9.88 Å². The SMILES string of the molecule is CNC1CCCc2sc(-c3cc(Br)cs3)nc21. The van der Waals surface area contributed by atoms with Gasteiger partial charge in [-0.1, -0.05) is 0 Å². The van der Waals surface area contributed by atoms with E-state index in [0.717, 1.165) is 4.47 Å². The Morgan fingerprint density at radius 2 is 2.41 bits per heavy atom. The van der Waals surface area contributed by atoms with Crippen molar-refractivity contribution in [1.82, 2.24) is 10.3 Å². The summed E-state index contributed by atoms with van der Waals surface area (Å²) in [5.41, 5.74) is 1.28. The monoisotopic (exact) mass is 328 g/mol. The molecule has 0 fully saturated rings. The molecule has 3 rings (SSSR count). The molecule has 0 saturated heterocycles. The molecule has 0 aliphatic heterocycles. The van der Waals surface area contributed by atoms with Crippen LogP contribution in [0.2, 0.25) is 0 Å². The highest BCUT2D eigenvalue weighted by Gasteiger charge is 2.24. The van der Waals surface area contributed by atoms with E-state index in [1.807, 2.05) is 18.4 Å². The Kier molecular flexibility index (Phi) is 3.34. The van der Waals surface area contributed by atoms with Crippen molar-refractivity contribution in [2.24, 2.45) is 0 Å². The highest BCUT2D eigenvalue weighted by molar-refractivity contribution is 9.10. The number of hydrogen-bond acceptors (Lipinski definition) is 4. The lowest BCUT2D eigenvalue weighted by molar-refractivity contribution is 0.490. The van der Waals surface area contributed by atoms with Gasteiger partial charge in [-0.3, -0.25) is 0 Å². The van der Waals surface area contributed by atoms with Crippen molar-refractivity contribution in [3.63, 3.8) is 0 Å². The zero-order chi connectivity index (χ0) is 11.8. The van der Waals surface area contributed by atoms with Crippen molar-refractivity contribution >= 4 is 38.6 Å². The topological polar surface area (TPSA) is 24.9 Å². The van der Waals surface area contributed by atoms with Crippen molar-refractivity contribution < 1.29 is 0 Å². The van der Waals surface area contributed by atoms with Gasteiger partial charge in [-0.05, 0) is 48.3 Å². The lowest BCUT2D eigenvalue weighted by Gasteiger charge is -2.19. The molecule has 1 atom stereocenters.